The predicted octanol–water partition coefficient (Wildman–Crippen LogP) is 10.7. The van der Waals surface area contributed by atoms with Gasteiger partial charge >= 0.3 is 12.4 Å². The molecule has 0 spiro atoms. The van der Waals surface area contributed by atoms with Crippen LogP contribution in [0, 0.1) is 0 Å². The second-order valence-electron chi connectivity index (χ2n) is 12.7. The molecule has 2 heterocycles. The van der Waals surface area contributed by atoms with Crippen LogP contribution in [0.5, 0.6) is 0 Å². The van der Waals surface area contributed by atoms with Gasteiger partial charge < -0.3 is 0 Å². The molecule has 4 amide bonds. The molecule has 0 saturated carbocycles. The largest absolute Gasteiger partial charge is 0.409 e. The lowest BCUT2D eigenvalue weighted by molar-refractivity contribution is -0.173. The van der Waals surface area contributed by atoms with Gasteiger partial charge in [-0.1, -0.05) is 83.5 Å². The lowest BCUT2D eigenvalue weighted by Gasteiger charge is -2.36. The van der Waals surface area contributed by atoms with Gasteiger partial charge in [0.15, 0.2) is 0 Å². The van der Waals surface area contributed by atoms with Crippen molar-refractivity contribution in [2.75, 3.05) is 0 Å². The monoisotopic (exact) mass is 822 g/mol. The number of fused-ring (bicyclic) bond motifs is 2. The van der Waals surface area contributed by atoms with Crippen molar-refractivity contribution in [3.8, 4) is 0 Å². The topological polar surface area (TPSA) is 74.8 Å². The van der Waals surface area contributed by atoms with Gasteiger partial charge in [0.1, 0.15) is 12.1 Å². The zero-order valence-corrected chi connectivity index (χ0v) is 29.6. The summed E-state index contributed by atoms with van der Waals surface area (Å²) in [5.41, 5.74) is -0.382. The summed E-state index contributed by atoms with van der Waals surface area (Å²) in [6.07, 6.45) is -9.49. The molecule has 14 heteroatoms. The van der Waals surface area contributed by atoms with Crippen molar-refractivity contribution in [1.29, 1.82) is 0 Å². The summed E-state index contributed by atoms with van der Waals surface area (Å²) in [5, 5.41) is 2.93. The molecule has 0 radical (unpaired) electrons. The van der Waals surface area contributed by atoms with Gasteiger partial charge in [0.25, 0.3) is 23.6 Å². The van der Waals surface area contributed by atoms with Crippen LogP contribution in [0.15, 0.2) is 45.3 Å². The Hall–Kier alpha value is -3.78. The lowest BCUT2D eigenvalue weighted by atomic mass is 9.81. The molecule has 6 nitrogen and oxygen atoms in total. The van der Waals surface area contributed by atoms with Gasteiger partial charge in [0.05, 0.1) is 0 Å². The molecule has 2 unspecified atom stereocenters. The van der Waals surface area contributed by atoms with Crippen molar-refractivity contribution in [3.63, 3.8) is 0 Å². The number of carbonyl (C=O) groups is 4. The Morgan fingerprint density at radius 1 is 0.540 bits per heavy atom. The van der Waals surface area contributed by atoms with Crippen molar-refractivity contribution >= 4 is 98.6 Å². The molecule has 0 aromatic heterocycles. The van der Waals surface area contributed by atoms with Crippen LogP contribution >= 0.6 is 31.9 Å². The summed E-state index contributed by atoms with van der Waals surface area (Å²) in [5.74, 6) is -4.32. The van der Waals surface area contributed by atoms with Crippen LogP contribution < -0.4 is 0 Å². The van der Waals surface area contributed by atoms with Gasteiger partial charge in [-0.05, 0) is 47.9 Å². The highest BCUT2D eigenvalue weighted by molar-refractivity contribution is 9.11. The molecule has 2 atom stereocenters. The van der Waals surface area contributed by atoms with E-state index in [0.717, 1.165) is 0 Å². The Labute approximate surface area is 297 Å². The molecule has 0 aliphatic carbocycles. The third kappa shape index (κ3) is 4.87. The zero-order valence-electron chi connectivity index (χ0n) is 26.4. The maximum absolute atomic E-state index is 14.3. The maximum Gasteiger partial charge on any atom is 0.409 e. The number of hydrogen-bond donors (Lipinski definition) is 0. The molecule has 0 bridgehead atoms. The van der Waals surface area contributed by atoms with Crippen molar-refractivity contribution in [1.82, 2.24) is 9.80 Å². The van der Waals surface area contributed by atoms with E-state index in [1.807, 2.05) is 0 Å². The van der Waals surface area contributed by atoms with Gasteiger partial charge in [-0.15, -0.1) is 0 Å². The predicted molar refractivity (Wildman–Crippen MR) is 183 cm³/mol. The number of carbonyl (C=O) groups excluding carboxylic acids is 4. The van der Waals surface area contributed by atoms with Crippen LogP contribution in [0.25, 0.3) is 43.1 Å². The zero-order chi connectivity index (χ0) is 36.2. The Balaban J connectivity index is 1.51. The first-order valence-corrected chi connectivity index (χ1v) is 17.6. The molecule has 0 fully saturated rings. The fraction of sp³-hybridized carbons (Fsp3) is 0.333. The molecule has 2 aliphatic rings. The molecular formula is C36H26Br2F6N2O4. The third-order valence-electron chi connectivity index (χ3n) is 9.85. The van der Waals surface area contributed by atoms with Crippen molar-refractivity contribution in [3.05, 3.63) is 67.6 Å². The minimum Gasteiger partial charge on any atom is -0.269 e. The maximum atomic E-state index is 14.3. The molecule has 260 valence electrons. The van der Waals surface area contributed by atoms with Crippen LogP contribution in [0.1, 0.15) is 93.8 Å². The number of halogens is 8. The first-order chi connectivity index (χ1) is 23.5. The summed E-state index contributed by atoms with van der Waals surface area (Å²) < 4.78 is 86.5. The molecule has 5 aromatic rings. The van der Waals surface area contributed by atoms with Gasteiger partial charge in [0.2, 0.25) is 0 Å². The molecule has 0 N–H and O–H groups in total. The Morgan fingerprint density at radius 2 is 0.880 bits per heavy atom. The number of benzene rings is 5. The molecular weight excluding hydrogens is 798 g/mol. The van der Waals surface area contributed by atoms with Crippen LogP contribution in [-0.2, 0) is 0 Å². The number of unbranched alkanes of at least 4 members (excludes halogenated alkanes) is 2. The van der Waals surface area contributed by atoms with E-state index in [4.69, 9.17) is 0 Å². The number of rotatable bonds is 8. The Morgan fingerprint density at radius 3 is 1.20 bits per heavy atom. The minimum atomic E-state index is -4.86. The summed E-state index contributed by atoms with van der Waals surface area (Å²) in [7, 11) is 0. The Bertz CT molecular complexity index is 2160. The third-order valence-corrected chi connectivity index (χ3v) is 11.1. The number of nitrogens with zero attached hydrogens (tertiary/aromatic N) is 2. The summed E-state index contributed by atoms with van der Waals surface area (Å²) >= 11 is 7.02. The van der Waals surface area contributed by atoms with E-state index in [0.29, 0.717) is 63.9 Å². The van der Waals surface area contributed by atoms with Gasteiger partial charge in [-0.2, -0.15) is 26.3 Å². The fourth-order valence-corrected chi connectivity index (χ4v) is 8.93. The second kappa shape index (κ2) is 11.9. The minimum absolute atomic E-state index is 0.0886. The van der Waals surface area contributed by atoms with Gasteiger partial charge in [0, 0.05) is 63.5 Å². The van der Waals surface area contributed by atoms with Crippen molar-refractivity contribution in [2.45, 2.75) is 76.8 Å². The van der Waals surface area contributed by atoms with E-state index in [1.165, 1.54) is 24.3 Å². The molecule has 5 aromatic carbocycles. The van der Waals surface area contributed by atoms with E-state index in [1.54, 1.807) is 26.0 Å². The molecule has 0 saturated heterocycles. The van der Waals surface area contributed by atoms with Crippen LogP contribution in [0.3, 0.4) is 0 Å². The van der Waals surface area contributed by atoms with Crippen LogP contribution in [0.4, 0.5) is 26.3 Å². The van der Waals surface area contributed by atoms with Crippen LogP contribution in [-0.4, -0.2) is 57.9 Å². The number of amides is 4. The van der Waals surface area contributed by atoms with Crippen molar-refractivity contribution < 1.29 is 45.5 Å². The van der Waals surface area contributed by atoms with E-state index < -0.39 is 60.9 Å². The SMILES string of the molecule is CCCCC(N1C(=O)c2ccc3c4c(Br)cc5c6c(ccc(c7c(Br)cc(c2c37)C1=O)c64)C(=O)N(C(CCCC)C(F)(F)F)C5=O)C(F)(F)F. The average Bonchev–Trinajstić information content (AvgIpc) is 3.04. The van der Waals surface area contributed by atoms with Crippen molar-refractivity contribution in [2.24, 2.45) is 0 Å². The highest BCUT2D eigenvalue weighted by Gasteiger charge is 2.52. The quantitative estimate of drug-likeness (QED) is 0.0676. The highest BCUT2D eigenvalue weighted by Crippen LogP contribution is 2.51. The number of alkyl halides is 6. The highest BCUT2D eigenvalue weighted by atomic mass is 79.9. The summed E-state index contributed by atoms with van der Waals surface area (Å²) in [6.45, 7) is 3.42. The lowest BCUT2D eigenvalue weighted by Crippen LogP contribution is -2.53. The average molecular weight is 824 g/mol. The molecule has 7 rings (SSSR count). The van der Waals surface area contributed by atoms with E-state index in [-0.39, 0.29) is 45.9 Å². The first-order valence-electron chi connectivity index (χ1n) is 16.0. The summed E-state index contributed by atoms with van der Waals surface area (Å²) in [4.78, 5) is 56.1. The Kier molecular flexibility index (Phi) is 8.25. The van der Waals surface area contributed by atoms with Gasteiger partial charge in [-0.25, -0.2) is 0 Å². The van der Waals surface area contributed by atoms with Crippen LogP contribution in [0.2, 0.25) is 0 Å². The van der Waals surface area contributed by atoms with E-state index in [2.05, 4.69) is 31.9 Å². The smallest absolute Gasteiger partial charge is 0.269 e. The normalized spacial score (nSPS) is 16.6. The van der Waals surface area contributed by atoms with E-state index in [9.17, 15) is 45.5 Å². The number of hydrogen-bond acceptors (Lipinski definition) is 4. The summed E-state index contributed by atoms with van der Waals surface area (Å²) in [6, 6.07) is 3.90. The molecule has 2 aliphatic heterocycles. The standard InChI is InChI=1S/C36H26Br2F6N2O4/c1-3-5-7-23(35(39,40)41)45-31(47)17-11-9-15-28-22(38)14-20-26-18(32(48)46(34(20)50)24(8-6-4-2)36(42,43)44)12-10-16(30(26)28)27-21(37)13-19(33(45)49)25(17)29(15)27/h9-14,23-24H,3-8H2,1-2H3. The van der Waals surface area contributed by atoms with E-state index >= 15 is 0 Å². The second-order valence-corrected chi connectivity index (χ2v) is 14.5. The first kappa shape index (κ1) is 34.7. The number of imide groups is 2. The van der Waals surface area contributed by atoms with Gasteiger partial charge in [-0.3, -0.25) is 29.0 Å². The fourth-order valence-electron chi connectivity index (χ4n) is 7.65. The molecule has 50 heavy (non-hydrogen) atoms.